The monoisotopic (exact) mass is 600 g/mol. The number of hydrogen-bond donors (Lipinski definition) is 0. The van der Waals surface area contributed by atoms with Crippen molar-refractivity contribution in [2.24, 2.45) is 9.98 Å². The Hall–Kier alpha value is -2.88. The van der Waals surface area contributed by atoms with E-state index >= 15 is 0 Å². The molecular weight excluding hydrogens is 540 g/mol. The second-order valence-corrected chi connectivity index (χ2v) is 12.4. The standard InChI is InChI=1S/C40H60N2O2/c1-4-6-8-10-12-14-16-18-20-22-32-43-37-28-24-35(25-29-37)39-40(42-34(3)41-39)36-26-30-38(31-27-36)44-33-23-21-19-17-15-13-11-9-7-5-2/h24-31H,3-23,32-33H2,1-2H3. The van der Waals surface area contributed by atoms with Crippen molar-refractivity contribution in [3.63, 3.8) is 0 Å². The molecule has 1 aliphatic heterocycles. The molecule has 0 atom stereocenters. The van der Waals surface area contributed by atoms with Gasteiger partial charge in [0, 0.05) is 11.1 Å². The molecule has 0 saturated carbocycles. The maximum Gasteiger partial charge on any atom is 0.146 e. The molecule has 0 fully saturated rings. The first-order chi connectivity index (χ1) is 21.7. The lowest BCUT2D eigenvalue weighted by atomic mass is 10.00. The summed E-state index contributed by atoms with van der Waals surface area (Å²) in [6.07, 6.45) is 26.6. The molecule has 44 heavy (non-hydrogen) atoms. The van der Waals surface area contributed by atoms with Crippen molar-refractivity contribution >= 4 is 11.4 Å². The third-order valence-electron chi connectivity index (χ3n) is 8.49. The van der Waals surface area contributed by atoms with Gasteiger partial charge < -0.3 is 9.47 Å². The van der Waals surface area contributed by atoms with E-state index in [1.807, 2.05) is 24.3 Å². The lowest BCUT2D eigenvalue weighted by Gasteiger charge is -2.10. The van der Waals surface area contributed by atoms with Crippen LogP contribution in [0.25, 0.3) is 0 Å². The molecule has 0 spiro atoms. The number of rotatable bonds is 26. The van der Waals surface area contributed by atoms with Gasteiger partial charge >= 0.3 is 0 Å². The Kier molecular flexibility index (Phi) is 18.3. The maximum atomic E-state index is 6.02. The van der Waals surface area contributed by atoms with E-state index in [0.717, 1.165) is 60.1 Å². The Morgan fingerprint density at radius 2 is 0.727 bits per heavy atom. The van der Waals surface area contributed by atoms with Crippen LogP contribution in [0.5, 0.6) is 11.5 Å². The quantitative estimate of drug-likeness (QED) is 0.101. The summed E-state index contributed by atoms with van der Waals surface area (Å²) in [5, 5.41) is 0. The van der Waals surface area contributed by atoms with E-state index in [4.69, 9.17) is 9.47 Å². The molecule has 242 valence electrons. The van der Waals surface area contributed by atoms with Gasteiger partial charge in [-0.3, -0.25) is 0 Å². The van der Waals surface area contributed by atoms with Gasteiger partial charge in [-0.15, -0.1) is 0 Å². The molecule has 0 bridgehead atoms. The van der Waals surface area contributed by atoms with Gasteiger partial charge in [0.2, 0.25) is 0 Å². The second kappa shape index (κ2) is 22.6. The molecule has 1 heterocycles. The van der Waals surface area contributed by atoms with Crippen molar-refractivity contribution < 1.29 is 9.47 Å². The van der Waals surface area contributed by atoms with E-state index in [9.17, 15) is 0 Å². The number of nitrogens with zero attached hydrogens (tertiary/aromatic N) is 2. The number of benzene rings is 2. The minimum atomic E-state index is 0.539. The van der Waals surface area contributed by atoms with Crippen LogP contribution in [0.1, 0.15) is 153 Å². The summed E-state index contributed by atoms with van der Waals surface area (Å²) in [5.41, 5.74) is 3.76. The minimum Gasteiger partial charge on any atom is -0.494 e. The van der Waals surface area contributed by atoms with Gasteiger partial charge in [0.15, 0.2) is 0 Å². The molecule has 0 unspecified atom stereocenters. The summed E-state index contributed by atoms with van der Waals surface area (Å²) >= 11 is 0. The zero-order chi connectivity index (χ0) is 31.1. The molecular formula is C40H60N2O2. The number of aliphatic imine (C=N–C) groups is 2. The van der Waals surface area contributed by atoms with E-state index in [0.29, 0.717) is 5.82 Å². The molecule has 0 saturated heterocycles. The Morgan fingerprint density at radius 1 is 0.432 bits per heavy atom. The predicted molar refractivity (Wildman–Crippen MR) is 190 cm³/mol. The van der Waals surface area contributed by atoms with Crippen LogP contribution in [0.3, 0.4) is 0 Å². The fraction of sp³-hybridized carbons (Fsp3) is 0.600. The summed E-state index contributed by atoms with van der Waals surface area (Å²) in [6.45, 7) is 10.1. The molecule has 0 aromatic heterocycles. The largest absolute Gasteiger partial charge is 0.494 e. The zero-order valence-electron chi connectivity index (χ0n) is 28.1. The average Bonchev–Trinajstić information content (AvgIpc) is 3.44. The molecule has 2 aromatic carbocycles. The fourth-order valence-electron chi connectivity index (χ4n) is 5.77. The van der Waals surface area contributed by atoms with Crippen molar-refractivity contribution in [1.29, 1.82) is 0 Å². The molecule has 2 aromatic rings. The Bertz CT molecular complexity index is 1010. The topological polar surface area (TPSA) is 43.2 Å². The van der Waals surface area contributed by atoms with Crippen LogP contribution in [0, 0.1) is 0 Å². The molecule has 0 amide bonds. The average molecular weight is 601 g/mol. The third kappa shape index (κ3) is 14.3. The van der Waals surface area contributed by atoms with E-state index in [1.165, 1.54) is 116 Å². The molecule has 0 N–H and O–H groups in total. The fourth-order valence-corrected chi connectivity index (χ4v) is 5.77. The van der Waals surface area contributed by atoms with E-state index in [2.05, 4.69) is 54.7 Å². The zero-order valence-corrected chi connectivity index (χ0v) is 28.1. The first kappa shape index (κ1) is 35.6. The molecule has 4 heteroatoms. The summed E-state index contributed by atoms with van der Waals surface area (Å²) in [4.78, 5) is 9.31. The van der Waals surface area contributed by atoms with Crippen LogP contribution in [0.4, 0.5) is 0 Å². The van der Waals surface area contributed by atoms with E-state index in [1.54, 1.807) is 0 Å². The second-order valence-electron chi connectivity index (χ2n) is 12.4. The maximum absolute atomic E-state index is 6.02. The van der Waals surface area contributed by atoms with Crippen LogP contribution in [0.2, 0.25) is 0 Å². The smallest absolute Gasteiger partial charge is 0.146 e. The number of ether oxygens (including phenoxy) is 2. The van der Waals surface area contributed by atoms with Crippen LogP contribution in [-0.4, -0.2) is 24.6 Å². The summed E-state index contributed by atoms with van der Waals surface area (Å²) in [5.74, 6) is 2.35. The summed E-state index contributed by atoms with van der Waals surface area (Å²) < 4.78 is 12.0. The highest BCUT2D eigenvalue weighted by Gasteiger charge is 2.20. The molecule has 4 nitrogen and oxygen atoms in total. The van der Waals surface area contributed by atoms with Crippen molar-refractivity contribution in [1.82, 2.24) is 0 Å². The summed E-state index contributed by atoms with van der Waals surface area (Å²) in [7, 11) is 0. The predicted octanol–water partition coefficient (Wildman–Crippen LogP) is 12.0. The normalized spacial score (nSPS) is 12.8. The van der Waals surface area contributed by atoms with Crippen molar-refractivity contribution in [2.45, 2.75) is 142 Å². The van der Waals surface area contributed by atoms with Gasteiger partial charge in [-0.25, -0.2) is 9.98 Å². The van der Waals surface area contributed by atoms with Gasteiger partial charge in [0.25, 0.3) is 0 Å². The molecule has 3 rings (SSSR count). The Balaban J connectivity index is 1.33. The van der Waals surface area contributed by atoms with Gasteiger partial charge in [-0.1, -0.05) is 136 Å². The van der Waals surface area contributed by atoms with Gasteiger partial charge in [0.1, 0.15) is 17.3 Å². The van der Waals surface area contributed by atoms with Crippen LogP contribution in [-0.2, 0) is 0 Å². The lowest BCUT2D eigenvalue weighted by Crippen LogP contribution is -2.14. The van der Waals surface area contributed by atoms with E-state index in [-0.39, 0.29) is 0 Å². The Morgan fingerprint density at radius 3 is 1.05 bits per heavy atom. The van der Waals surface area contributed by atoms with Gasteiger partial charge in [-0.05, 0) is 61.4 Å². The van der Waals surface area contributed by atoms with Crippen molar-refractivity contribution in [3.05, 3.63) is 72.1 Å². The number of hydrogen-bond acceptors (Lipinski definition) is 4. The van der Waals surface area contributed by atoms with Crippen LogP contribution < -0.4 is 9.47 Å². The lowest BCUT2D eigenvalue weighted by molar-refractivity contribution is 0.304. The van der Waals surface area contributed by atoms with Crippen molar-refractivity contribution in [3.8, 4) is 11.5 Å². The molecule has 1 aliphatic rings. The first-order valence-corrected chi connectivity index (χ1v) is 18.0. The third-order valence-corrected chi connectivity index (χ3v) is 8.49. The Labute approximate surface area is 269 Å². The highest BCUT2D eigenvalue weighted by molar-refractivity contribution is 6.54. The summed E-state index contributed by atoms with van der Waals surface area (Å²) in [6, 6.07) is 16.5. The van der Waals surface area contributed by atoms with Gasteiger partial charge in [-0.2, -0.15) is 0 Å². The van der Waals surface area contributed by atoms with Crippen molar-refractivity contribution in [2.75, 3.05) is 13.2 Å². The molecule has 0 radical (unpaired) electrons. The van der Waals surface area contributed by atoms with Crippen LogP contribution >= 0.6 is 0 Å². The SMILES string of the molecule is C=C1N=C(c2ccc(OCCCCCCCCCCCC)cc2)C(c2ccc(OCCCCCCCCCCCC)cc2)=N1. The highest BCUT2D eigenvalue weighted by atomic mass is 16.5. The van der Waals surface area contributed by atoms with Gasteiger partial charge in [0.05, 0.1) is 24.6 Å². The minimum absolute atomic E-state index is 0.539. The highest BCUT2D eigenvalue weighted by Crippen LogP contribution is 2.23. The van der Waals surface area contributed by atoms with E-state index < -0.39 is 0 Å². The first-order valence-electron chi connectivity index (χ1n) is 18.0. The van der Waals surface area contributed by atoms with Crippen LogP contribution in [0.15, 0.2) is 70.9 Å². The molecule has 0 aliphatic carbocycles. The number of unbranched alkanes of at least 4 members (excludes halogenated alkanes) is 18.